The zero-order valence-corrected chi connectivity index (χ0v) is 12.7. The van der Waals surface area contributed by atoms with Crippen molar-refractivity contribution in [3.8, 4) is 0 Å². The van der Waals surface area contributed by atoms with Gasteiger partial charge in [0.15, 0.2) is 15.6 Å². The Bertz CT molecular complexity index is 592. The minimum atomic E-state index is -3.71. The van der Waals surface area contributed by atoms with Crippen LogP contribution in [0, 0.1) is 0 Å². The first-order valence-corrected chi connectivity index (χ1v) is 7.95. The number of hydrogen-bond donors (Lipinski definition) is 0. The van der Waals surface area contributed by atoms with Gasteiger partial charge in [0.2, 0.25) is 0 Å². The number of Topliss-reactive ketones (excluding diaryl/α,β-unsaturated/α-hetero) is 1. The van der Waals surface area contributed by atoms with Gasteiger partial charge in [0.25, 0.3) is 0 Å². The van der Waals surface area contributed by atoms with E-state index in [0.29, 0.717) is 5.02 Å². The van der Waals surface area contributed by atoms with Crippen molar-refractivity contribution in [2.24, 2.45) is 0 Å². The molecule has 0 saturated carbocycles. The van der Waals surface area contributed by atoms with Crippen molar-refractivity contribution in [1.82, 2.24) is 0 Å². The minimum Gasteiger partial charge on any atom is -0.469 e. The maximum Gasteiger partial charge on any atom is 0.306 e. The first-order chi connectivity index (χ1) is 9.27. The van der Waals surface area contributed by atoms with Crippen LogP contribution in [0.4, 0.5) is 0 Å². The fraction of sp³-hybridized carbons (Fsp3) is 0.385. The van der Waals surface area contributed by atoms with Crippen LogP contribution in [-0.4, -0.2) is 38.3 Å². The number of carbonyl (C=O) groups excluding carboxylic acids is 2. The maximum atomic E-state index is 12.1. The van der Waals surface area contributed by atoms with E-state index in [2.05, 4.69) is 4.74 Å². The summed E-state index contributed by atoms with van der Waals surface area (Å²) in [6.07, 6.45) is -0.267. The molecule has 0 bridgehead atoms. The predicted molar refractivity (Wildman–Crippen MR) is 75.7 cm³/mol. The number of sulfone groups is 1. The van der Waals surface area contributed by atoms with E-state index in [9.17, 15) is 18.0 Å². The lowest BCUT2D eigenvalue weighted by atomic mass is 10.1. The van der Waals surface area contributed by atoms with Crippen LogP contribution in [-0.2, 0) is 19.4 Å². The summed E-state index contributed by atoms with van der Waals surface area (Å²) in [6.45, 7) is 1.31. The van der Waals surface area contributed by atoms with E-state index >= 15 is 0 Å². The maximum absolute atomic E-state index is 12.1. The summed E-state index contributed by atoms with van der Waals surface area (Å²) in [5.41, 5.74) is 0.267. The number of ketones is 1. The van der Waals surface area contributed by atoms with Gasteiger partial charge in [-0.25, -0.2) is 8.42 Å². The number of carbonyl (C=O) groups is 2. The summed E-state index contributed by atoms with van der Waals surface area (Å²) >= 11 is 5.71. The van der Waals surface area contributed by atoms with Gasteiger partial charge in [-0.05, 0) is 31.2 Å². The summed E-state index contributed by atoms with van der Waals surface area (Å²) in [7, 11) is -2.53. The van der Waals surface area contributed by atoms with Crippen molar-refractivity contribution < 1.29 is 22.7 Å². The van der Waals surface area contributed by atoms with Gasteiger partial charge in [0, 0.05) is 10.6 Å². The monoisotopic (exact) mass is 318 g/mol. The van der Waals surface area contributed by atoms with Gasteiger partial charge in [0.1, 0.15) is 5.25 Å². The summed E-state index contributed by atoms with van der Waals surface area (Å²) < 4.78 is 28.3. The number of methoxy groups -OCH3 is 1. The van der Waals surface area contributed by atoms with Gasteiger partial charge >= 0.3 is 5.97 Å². The molecule has 0 fully saturated rings. The number of ether oxygens (including phenoxy) is 1. The summed E-state index contributed by atoms with van der Waals surface area (Å²) in [6, 6.07) is 5.97. The number of rotatable bonds is 6. The Morgan fingerprint density at radius 3 is 2.30 bits per heavy atom. The molecule has 0 amide bonds. The molecule has 0 aliphatic rings. The predicted octanol–water partition coefficient (Wildman–Crippen LogP) is 1.89. The molecule has 110 valence electrons. The highest BCUT2D eigenvalue weighted by atomic mass is 35.5. The van der Waals surface area contributed by atoms with Gasteiger partial charge in [-0.2, -0.15) is 0 Å². The Balaban J connectivity index is 2.82. The summed E-state index contributed by atoms with van der Waals surface area (Å²) in [5.74, 6) is -1.56. The molecule has 0 spiro atoms. The molecule has 20 heavy (non-hydrogen) atoms. The Morgan fingerprint density at radius 2 is 1.80 bits per heavy atom. The van der Waals surface area contributed by atoms with Crippen LogP contribution in [0.15, 0.2) is 24.3 Å². The van der Waals surface area contributed by atoms with Crippen LogP contribution in [0.1, 0.15) is 23.7 Å². The van der Waals surface area contributed by atoms with E-state index in [1.807, 2.05) is 0 Å². The third-order valence-corrected chi connectivity index (χ3v) is 5.17. The Hall–Kier alpha value is -1.40. The molecule has 0 radical (unpaired) electrons. The van der Waals surface area contributed by atoms with Crippen LogP contribution < -0.4 is 0 Å². The second kappa shape index (κ2) is 6.85. The van der Waals surface area contributed by atoms with Crippen molar-refractivity contribution in [3.05, 3.63) is 34.9 Å². The first kappa shape index (κ1) is 16.7. The molecular formula is C13H15ClO5S. The third kappa shape index (κ3) is 4.31. The number of hydrogen-bond acceptors (Lipinski definition) is 5. The van der Waals surface area contributed by atoms with E-state index in [-0.39, 0.29) is 12.0 Å². The topological polar surface area (TPSA) is 77.5 Å². The zero-order chi connectivity index (χ0) is 15.3. The average molecular weight is 319 g/mol. The molecule has 1 atom stereocenters. The standard InChI is InChI=1S/C13H15ClO5S/c1-9(20(17,18)8-7-12(15)19-2)13(16)10-3-5-11(14)6-4-10/h3-6,9H,7-8H2,1-2H3. The lowest BCUT2D eigenvalue weighted by molar-refractivity contribution is -0.140. The highest BCUT2D eigenvalue weighted by Gasteiger charge is 2.29. The smallest absolute Gasteiger partial charge is 0.306 e. The van der Waals surface area contributed by atoms with Gasteiger partial charge in [-0.3, -0.25) is 9.59 Å². The molecule has 1 aromatic carbocycles. The van der Waals surface area contributed by atoms with E-state index < -0.39 is 32.6 Å². The fourth-order valence-corrected chi connectivity index (χ4v) is 2.91. The molecule has 1 unspecified atom stereocenters. The lowest BCUT2D eigenvalue weighted by Crippen LogP contribution is -2.30. The quantitative estimate of drug-likeness (QED) is 0.591. The largest absolute Gasteiger partial charge is 0.469 e. The molecule has 1 rings (SSSR count). The number of benzene rings is 1. The molecule has 1 aromatic rings. The van der Waals surface area contributed by atoms with Gasteiger partial charge in [-0.1, -0.05) is 11.6 Å². The Morgan fingerprint density at radius 1 is 1.25 bits per heavy atom. The molecule has 0 saturated heterocycles. The van der Waals surface area contributed by atoms with Crippen LogP contribution in [0.2, 0.25) is 5.02 Å². The van der Waals surface area contributed by atoms with Crippen molar-refractivity contribution in [2.45, 2.75) is 18.6 Å². The average Bonchev–Trinajstić information content (AvgIpc) is 2.44. The summed E-state index contributed by atoms with van der Waals surface area (Å²) in [4.78, 5) is 23.1. The minimum absolute atomic E-state index is 0.267. The van der Waals surface area contributed by atoms with Gasteiger partial charge < -0.3 is 4.74 Å². The Labute approximate surface area is 122 Å². The van der Waals surface area contributed by atoms with Crippen molar-refractivity contribution >= 4 is 33.2 Å². The van der Waals surface area contributed by atoms with Crippen molar-refractivity contribution in [3.63, 3.8) is 0 Å². The molecule has 7 heteroatoms. The number of esters is 1. The molecule has 0 aliphatic carbocycles. The molecule has 0 heterocycles. The highest BCUT2D eigenvalue weighted by Crippen LogP contribution is 2.15. The van der Waals surface area contributed by atoms with E-state index in [1.54, 1.807) is 0 Å². The number of halogens is 1. The van der Waals surface area contributed by atoms with E-state index in [0.717, 1.165) is 0 Å². The Kier molecular flexibility index (Phi) is 5.71. The van der Waals surface area contributed by atoms with Gasteiger partial charge in [-0.15, -0.1) is 0 Å². The van der Waals surface area contributed by atoms with Crippen molar-refractivity contribution in [1.29, 1.82) is 0 Å². The fourth-order valence-electron chi connectivity index (χ4n) is 1.52. The summed E-state index contributed by atoms with van der Waals surface area (Å²) in [5, 5.41) is -0.754. The SMILES string of the molecule is COC(=O)CCS(=O)(=O)C(C)C(=O)c1ccc(Cl)cc1. The second-order valence-electron chi connectivity index (χ2n) is 4.21. The second-order valence-corrected chi connectivity index (χ2v) is 7.08. The van der Waals surface area contributed by atoms with Crippen LogP contribution >= 0.6 is 11.6 Å². The molecule has 0 aliphatic heterocycles. The van der Waals surface area contributed by atoms with Gasteiger partial charge in [0.05, 0.1) is 19.3 Å². The van der Waals surface area contributed by atoms with Crippen LogP contribution in [0.25, 0.3) is 0 Å². The third-order valence-electron chi connectivity index (χ3n) is 2.86. The zero-order valence-electron chi connectivity index (χ0n) is 11.1. The highest BCUT2D eigenvalue weighted by molar-refractivity contribution is 7.92. The van der Waals surface area contributed by atoms with Crippen LogP contribution in [0.3, 0.4) is 0 Å². The first-order valence-electron chi connectivity index (χ1n) is 5.86. The lowest BCUT2D eigenvalue weighted by Gasteiger charge is -2.11. The van der Waals surface area contributed by atoms with E-state index in [4.69, 9.17) is 11.6 Å². The van der Waals surface area contributed by atoms with Crippen LogP contribution in [0.5, 0.6) is 0 Å². The molecule has 0 N–H and O–H groups in total. The van der Waals surface area contributed by atoms with E-state index in [1.165, 1.54) is 38.3 Å². The molecule has 5 nitrogen and oxygen atoms in total. The normalized spacial score (nSPS) is 12.8. The van der Waals surface area contributed by atoms with Crippen molar-refractivity contribution in [2.75, 3.05) is 12.9 Å². The molecular weight excluding hydrogens is 304 g/mol. The molecule has 0 aromatic heterocycles.